The van der Waals surface area contributed by atoms with Gasteiger partial charge in [0.25, 0.3) is 5.91 Å². The van der Waals surface area contributed by atoms with Gasteiger partial charge in [-0.1, -0.05) is 12.1 Å². The van der Waals surface area contributed by atoms with Gasteiger partial charge in [0, 0.05) is 18.2 Å². The topological polar surface area (TPSA) is 111 Å². The first-order valence-electron chi connectivity index (χ1n) is 7.93. The highest BCUT2D eigenvalue weighted by molar-refractivity contribution is 7.14. The number of hydrogen-bond donors (Lipinski definition) is 2. The second kappa shape index (κ2) is 6.69. The van der Waals surface area contributed by atoms with Gasteiger partial charge < -0.3 is 10.2 Å². The van der Waals surface area contributed by atoms with Gasteiger partial charge in [-0.2, -0.15) is 0 Å². The van der Waals surface area contributed by atoms with Gasteiger partial charge in [-0.05, 0) is 34.0 Å². The zero-order valence-corrected chi connectivity index (χ0v) is 14.6. The predicted octanol–water partition coefficient (Wildman–Crippen LogP) is 1.68. The Bertz CT molecular complexity index is 872. The maximum Gasteiger partial charge on any atom is 0.253 e. The molecule has 3 aliphatic heterocycles. The summed E-state index contributed by atoms with van der Waals surface area (Å²) < 4.78 is 0. The molecular formula is C15H15N7O3S. The number of nitrogens with zero attached hydrogens (tertiary/aromatic N) is 5. The molecule has 11 heteroatoms. The second-order valence-corrected chi connectivity index (χ2v) is 6.49. The fourth-order valence-corrected chi connectivity index (χ4v) is 3.46. The van der Waals surface area contributed by atoms with E-state index < -0.39 is 6.17 Å². The van der Waals surface area contributed by atoms with Crippen LogP contribution in [0.5, 0.6) is 0 Å². The van der Waals surface area contributed by atoms with Crippen LogP contribution in [0.4, 0.5) is 5.00 Å². The Morgan fingerprint density at radius 1 is 1.42 bits per heavy atom. The van der Waals surface area contributed by atoms with Crippen molar-refractivity contribution in [2.45, 2.75) is 19.5 Å². The molecule has 0 saturated carbocycles. The van der Waals surface area contributed by atoms with Gasteiger partial charge in [-0.15, -0.1) is 21.9 Å². The molecule has 0 spiro atoms. The van der Waals surface area contributed by atoms with Crippen LogP contribution >= 0.6 is 11.3 Å². The summed E-state index contributed by atoms with van der Waals surface area (Å²) in [5.74, 6) is 0.285. The van der Waals surface area contributed by atoms with E-state index in [1.165, 1.54) is 16.5 Å². The van der Waals surface area contributed by atoms with E-state index in [1.807, 2.05) is 11.4 Å². The lowest BCUT2D eigenvalue weighted by Crippen LogP contribution is -2.42. The summed E-state index contributed by atoms with van der Waals surface area (Å²) in [6.07, 6.45) is 4.99. The molecule has 0 fully saturated rings. The predicted molar refractivity (Wildman–Crippen MR) is 92.4 cm³/mol. The van der Waals surface area contributed by atoms with Gasteiger partial charge in [0.2, 0.25) is 0 Å². The van der Waals surface area contributed by atoms with Crippen LogP contribution in [0.1, 0.15) is 25.1 Å². The minimum atomic E-state index is -0.465. The average molecular weight is 373 g/mol. The second-order valence-electron chi connectivity index (χ2n) is 5.60. The van der Waals surface area contributed by atoms with E-state index in [4.69, 9.17) is 4.94 Å². The Labute approximate surface area is 152 Å². The average Bonchev–Trinajstić information content (AvgIpc) is 3.35. The number of fused-ring (bicyclic) bond motifs is 2. The molecule has 1 atom stereocenters. The first-order valence-corrected chi connectivity index (χ1v) is 8.81. The van der Waals surface area contributed by atoms with Crippen LogP contribution < -0.4 is 10.9 Å². The van der Waals surface area contributed by atoms with Gasteiger partial charge in [0.05, 0.1) is 12.1 Å². The minimum Gasteiger partial charge on any atom is -0.345 e. The summed E-state index contributed by atoms with van der Waals surface area (Å²) in [6.45, 7) is 1.76. The van der Waals surface area contributed by atoms with Crippen molar-refractivity contribution in [3.8, 4) is 0 Å². The van der Waals surface area contributed by atoms with E-state index in [9.17, 15) is 9.59 Å². The number of carbonyl (C=O) groups is 2. The number of Topliss-reactive ketones (excluding diaryl/α,β-unsaturated/α-hetero) is 1. The summed E-state index contributed by atoms with van der Waals surface area (Å²) in [7, 11) is 0. The molecule has 1 aromatic heterocycles. The number of ketones is 1. The van der Waals surface area contributed by atoms with Gasteiger partial charge in [0.1, 0.15) is 10.8 Å². The number of hydroxylamine groups is 1. The maximum absolute atomic E-state index is 12.4. The summed E-state index contributed by atoms with van der Waals surface area (Å²) >= 11 is 1.50. The highest BCUT2D eigenvalue weighted by Crippen LogP contribution is 2.42. The van der Waals surface area contributed by atoms with Crippen molar-refractivity contribution < 1.29 is 14.5 Å². The Balaban J connectivity index is 1.62. The summed E-state index contributed by atoms with van der Waals surface area (Å²) in [5, 5.41) is 14.2. The first-order chi connectivity index (χ1) is 12.7. The molecule has 10 nitrogen and oxygen atoms in total. The molecule has 0 bridgehead atoms. The number of hydrogen-bond acceptors (Lipinski definition) is 10. The fourth-order valence-electron chi connectivity index (χ4n) is 2.66. The summed E-state index contributed by atoms with van der Waals surface area (Å²) in [6, 6.07) is 1.92. The first kappa shape index (κ1) is 16.4. The molecule has 2 N–H and O–H groups in total. The van der Waals surface area contributed by atoms with Crippen molar-refractivity contribution in [3.63, 3.8) is 0 Å². The zero-order chi connectivity index (χ0) is 18.1. The van der Waals surface area contributed by atoms with Crippen LogP contribution in [0.25, 0.3) is 0 Å². The number of rotatable bonds is 5. The van der Waals surface area contributed by atoms with Gasteiger partial charge >= 0.3 is 0 Å². The third-order valence-electron chi connectivity index (χ3n) is 4.01. The smallest absolute Gasteiger partial charge is 0.253 e. The molecule has 26 heavy (non-hydrogen) atoms. The van der Waals surface area contributed by atoms with E-state index in [0.29, 0.717) is 17.8 Å². The summed E-state index contributed by atoms with van der Waals surface area (Å²) in [4.78, 5) is 35.4. The SMILES string of the molecule is CCC(=O)CNC(=O)C1=CN2C(=Nc3sccc3C2N2N=NNO2)C=C1. The van der Waals surface area contributed by atoms with E-state index in [0.717, 1.165) is 10.6 Å². The normalized spacial score (nSPS) is 20.1. The monoisotopic (exact) mass is 373 g/mol. The summed E-state index contributed by atoms with van der Waals surface area (Å²) in [5.41, 5.74) is 3.61. The van der Waals surface area contributed by atoms with Crippen LogP contribution in [0.2, 0.25) is 0 Å². The lowest BCUT2D eigenvalue weighted by Gasteiger charge is -2.36. The molecule has 4 heterocycles. The minimum absolute atomic E-state index is 0.00688. The molecule has 1 amide bonds. The number of aliphatic imine (C=N–C) groups is 1. The molecule has 0 radical (unpaired) electrons. The van der Waals surface area contributed by atoms with Crippen LogP contribution in [0.3, 0.4) is 0 Å². The van der Waals surface area contributed by atoms with Crippen molar-refractivity contribution in [1.29, 1.82) is 0 Å². The molecule has 134 valence electrons. The Morgan fingerprint density at radius 2 is 2.31 bits per heavy atom. The Morgan fingerprint density at radius 3 is 3.08 bits per heavy atom. The molecular weight excluding hydrogens is 358 g/mol. The van der Waals surface area contributed by atoms with E-state index in [1.54, 1.807) is 30.2 Å². The quantitative estimate of drug-likeness (QED) is 0.812. The Hall–Kier alpha value is -3.05. The lowest BCUT2D eigenvalue weighted by molar-refractivity contribution is -0.221. The largest absolute Gasteiger partial charge is 0.345 e. The van der Waals surface area contributed by atoms with E-state index >= 15 is 0 Å². The van der Waals surface area contributed by atoms with Crippen molar-refractivity contribution in [2.75, 3.05) is 6.54 Å². The standard InChI is InChI=1S/C15H15N7O3S/c1-2-10(23)7-16-13(24)9-3-4-12-17-14-11(5-6-26-14)15(21(12)8-9)22-19-18-20-25-22/h3-6,8,15H,2,7H2,1H3,(H,16,24)(H,19,20). The number of thiophene rings is 1. The molecule has 0 aromatic carbocycles. The van der Waals surface area contributed by atoms with Gasteiger partial charge in [-0.25, -0.2) is 4.99 Å². The zero-order valence-electron chi connectivity index (χ0n) is 13.7. The third kappa shape index (κ3) is 2.86. The van der Waals surface area contributed by atoms with E-state index in [2.05, 4.69) is 26.3 Å². The van der Waals surface area contributed by atoms with Crippen LogP contribution in [0, 0.1) is 0 Å². The highest BCUT2D eigenvalue weighted by atomic mass is 32.1. The molecule has 0 aliphatic carbocycles. The van der Waals surface area contributed by atoms with Crippen LogP contribution in [0.15, 0.2) is 50.8 Å². The van der Waals surface area contributed by atoms with Gasteiger partial charge in [-0.3, -0.25) is 9.59 Å². The number of carbonyl (C=O) groups excluding carboxylic acids is 2. The number of nitrogens with one attached hydrogen (secondary N) is 2. The third-order valence-corrected chi connectivity index (χ3v) is 4.83. The molecule has 1 unspecified atom stereocenters. The molecule has 3 aliphatic rings. The number of amides is 1. The molecule has 0 saturated heterocycles. The van der Waals surface area contributed by atoms with Crippen LogP contribution in [-0.4, -0.2) is 34.1 Å². The van der Waals surface area contributed by atoms with Crippen LogP contribution in [-0.2, 0) is 14.5 Å². The lowest BCUT2D eigenvalue weighted by atomic mass is 10.1. The van der Waals surface area contributed by atoms with Crippen molar-refractivity contribution in [3.05, 3.63) is 40.9 Å². The Kier molecular flexibility index (Phi) is 4.22. The maximum atomic E-state index is 12.4. The molecule has 4 rings (SSSR count). The van der Waals surface area contributed by atoms with E-state index in [-0.39, 0.29) is 18.2 Å². The van der Waals surface area contributed by atoms with Crippen molar-refractivity contribution >= 4 is 33.9 Å². The highest BCUT2D eigenvalue weighted by Gasteiger charge is 2.37. The van der Waals surface area contributed by atoms with Crippen molar-refractivity contribution in [2.24, 2.45) is 15.4 Å². The van der Waals surface area contributed by atoms with Gasteiger partial charge in [0.15, 0.2) is 11.9 Å². The van der Waals surface area contributed by atoms with Crippen molar-refractivity contribution in [1.82, 2.24) is 21.0 Å². The fraction of sp³-hybridized carbons (Fsp3) is 0.267. The molecule has 1 aromatic rings. The number of amidine groups is 1.